The zero-order chi connectivity index (χ0) is 19.8. The summed E-state index contributed by atoms with van der Waals surface area (Å²) in [7, 11) is 4.64. The van der Waals surface area contributed by atoms with Crippen LogP contribution in [0.25, 0.3) is 22.4 Å². The molecule has 4 aromatic rings. The van der Waals surface area contributed by atoms with Crippen LogP contribution < -0.4 is 24.3 Å². The number of thiophene rings is 1. The van der Waals surface area contributed by atoms with Gasteiger partial charge in [-0.1, -0.05) is 11.3 Å². The Hall–Kier alpha value is -2.91. The maximum Gasteiger partial charge on any atom is 0.291 e. The van der Waals surface area contributed by atoms with Gasteiger partial charge in [-0.05, 0) is 42.1 Å². The van der Waals surface area contributed by atoms with Crippen molar-refractivity contribution in [3.63, 3.8) is 0 Å². The Labute approximate surface area is 168 Å². The van der Waals surface area contributed by atoms with Gasteiger partial charge < -0.3 is 14.2 Å². The van der Waals surface area contributed by atoms with Crippen molar-refractivity contribution in [3.8, 4) is 28.6 Å². The molecule has 144 valence electrons. The van der Waals surface area contributed by atoms with Gasteiger partial charge in [-0.25, -0.2) is 0 Å². The molecule has 0 aliphatic carbocycles. The number of hydrogen-bond donors (Lipinski definition) is 0. The summed E-state index contributed by atoms with van der Waals surface area (Å²) in [4.78, 5) is 18.9. The van der Waals surface area contributed by atoms with Crippen molar-refractivity contribution in [2.45, 2.75) is 6.92 Å². The molecule has 0 spiro atoms. The molecule has 1 aromatic carbocycles. The highest BCUT2D eigenvalue weighted by atomic mass is 32.1. The zero-order valence-electron chi connectivity index (χ0n) is 15.7. The summed E-state index contributed by atoms with van der Waals surface area (Å²) in [6.45, 7) is 2.02. The van der Waals surface area contributed by atoms with Gasteiger partial charge in [0.25, 0.3) is 5.56 Å². The molecule has 3 heterocycles. The second-order valence-corrected chi connectivity index (χ2v) is 7.88. The molecule has 7 nitrogen and oxygen atoms in total. The van der Waals surface area contributed by atoms with Gasteiger partial charge in [0.05, 0.1) is 25.9 Å². The number of nitrogens with zero attached hydrogens (tertiary/aromatic N) is 3. The lowest BCUT2D eigenvalue weighted by molar-refractivity contribution is 0.324. The third-order valence-electron chi connectivity index (χ3n) is 4.27. The molecule has 0 saturated heterocycles. The molecule has 0 unspecified atom stereocenters. The van der Waals surface area contributed by atoms with Gasteiger partial charge in [-0.2, -0.15) is 9.50 Å². The van der Waals surface area contributed by atoms with Crippen molar-refractivity contribution in [2.24, 2.45) is 0 Å². The number of aryl methyl sites for hydroxylation is 1. The van der Waals surface area contributed by atoms with E-state index in [0.29, 0.717) is 38.1 Å². The molecule has 0 fully saturated rings. The summed E-state index contributed by atoms with van der Waals surface area (Å²) in [5.41, 5.74) is 1.63. The lowest BCUT2D eigenvalue weighted by atomic mass is 10.1. The van der Waals surface area contributed by atoms with Crippen LogP contribution in [0.15, 0.2) is 28.4 Å². The van der Waals surface area contributed by atoms with Crippen LogP contribution in [0.3, 0.4) is 0 Å². The molecule has 9 heteroatoms. The fourth-order valence-electron chi connectivity index (χ4n) is 2.82. The number of thiazole rings is 1. The summed E-state index contributed by atoms with van der Waals surface area (Å²) in [5.74, 6) is 1.91. The van der Waals surface area contributed by atoms with Gasteiger partial charge in [0.15, 0.2) is 17.3 Å². The highest BCUT2D eigenvalue weighted by Gasteiger charge is 2.18. The lowest BCUT2D eigenvalue weighted by Crippen LogP contribution is -2.23. The average Bonchev–Trinajstić information content (AvgIpc) is 3.38. The number of fused-ring (bicyclic) bond motifs is 1. The Morgan fingerprint density at radius 3 is 2.36 bits per heavy atom. The van der Waals surface area contributed by atoms with Crippen LogP contribution in [0.2, 0.25) is 0 Å². The van der Waals surface area contributed by atoms with Crippen LogP contribution in [-0.4, -0.2) is 35.9 Å². The molecule has 0 N–H and O–H groups in total. The van der Waals surface area contributed by atoms with E-state index in [0.717, 1.165) is 10.4 Å². The number of hydrogen-bond acceptors (Lipinski definition) is 8. The van der Waals surface area contributed by atoms with E-state index in [1.54, 1.807) is 44.8 Å². The van der Waals surface area contributed by atoms with Crippen molar-refractivity contribution in [3.05, 3.63) is 48.9 Å². The summed E-state index contributed by atoms with van der Waals surface area (Å²) >= 11 is 2.91. The number of benzene rings is 1. The van der Waals surface area contributed by atoms with E-state index in [9.17, 15) is 4.79 Å². The molecule has 0 saturated carbocycles. The van der Waals surface area contributed by atoms with Gasteiger partial charge in [-0.15, -0.1) is 16.4 Å². The molecule has 0 radical (unpaired) electrons. The summed E-state index contributed by atoms with van der Waals surface area (Å²) in [6, 6.07) is 5.54. The number of methoxy groups -OCH3 is 3. The minimum absolute atomic E-state index is 0.181. The molecule has 4 rings (SSSR count). The van der Waals surface area contributed by atoms with E-state index < -0.39 is 0 Å². The molecule has 3 aromatic heterocycles. The first kappa shape index (κ1) is 18.5. The normalized spacial score (nSPS) is 11.9. The van der Waals surface area contributed by atoms with Gasteiger partial charge in [0, 0.05) is 10.4 Å². The van der Waals surface area contributed by atoms with E-state index in [2.05, 4.69) is 10.1 Å². The number of aromatic nitrogens is 3. The first-order valence-electron chi connectivity index (χ1n) is 8.31. The Morgan fingerprint density at radius 2 is 1.82 bits per heavy atom. The highest BCUT2D eigenvalue weighted by Crippen LogP contribution is 2.40. The molecule has 0 amide bonds. The topological polar surface area (TPSA) is 75.0 Å². The Bertz CT molecular complexity index is 1250. The average molecular weight is 415 g/mol. The summed E-state index contributed by atoms with van der Waals surface area (Å²) < 4.78 is 18.0. The van der Waals surface area contributed by atoms with Crippen molar-refractivity contribution >= 4 is 33.7 Å². The molecule has 0 atom stereocenters. The van der Waals surface area contributed by atoms with Crippen LogP contribution in [0, 0.1) is 6.92 Å². The van der Waals surface area contributed by atoms with Crippen molar-refractivity contribution in [1.29, 1.82) is 0 Å². The standard InChI is InChI=1S/C19H17N3O4S2/c1-10-5-6-27-14(10)9-15-18(23)22-19(28-15)20-17(21-22)11-7-12(24-2)16(26-4)13(8-11)25-3/h5-9H,1-4H3/b15-9-. The maximum atomic E-state index is 12.7. The largest absolute Gasteiger partial charge is 0.493 e. The molecule has 28 heavy (non-hydrogen) atoms. The fourth-order valence-corrected chi connectivity index (χ4v) is 4.64. The molecule has 0 bridgehead atoms. The minimum atomic E-state index is -0.181. The Morgan fingerprint density at radius 1 is 1.11 bits per heavy atom. The third-order valence-corrected chi connectivity index (χ3v) is 6.19. The first-order valence-corrected chi connectivity index (χ1v) is 10.0. The first-order chi connectivity index (χ1) is 13.5. The number of rotatable bonds is 5. The summed E-state index contributed by atoms with van der Waals surface area (Å²) in [6.07, 6.45) is 1.89. The van der Waals surface area contributed by atoms with E-state index in [4.69, 9.17) is 14.2 Å². The molecular weight excluding hydrogens is 398 g/mol. The third kappa shape index (κ3) is 3.02. The second-order valence-electron chi connectivity index (χ2n) is 5.93. The van der Waals surface area contributed by atoms with Crippen LogP contribution in [-0.2, 0) is 0 Å². The number of ether oxygens (including phenoxy) is 3. The van der Waals surface area contributed by atoms with Gasteiger partial charge >= 0.3 is 0 Å². The van der Waals surface area contributed by atoms with Gasteiger partial charge in [0.2, 0.25) is 10.7 Å². The lowest BCUT2D eigenvalue weighted by Gasteiger charge is -2.12. The van der Waals surface area contributed by atoms with E-state index in [1.165, 1.54) is 15.9 Å². The zero-order valence-corrected chi connectivity index (χ0v) is 17.3. The van der Waals surface area contributed by atoms with E-state index >= 15 is 0 Å². The van der Waals surface area contributed by atoms with Crippen molar-refractivity contribution < 1.29 is 14.2 Å². The van der Waals surface area contributed by atoms with E-state index in [1.807, 2.05) is 24.4 Å². The van der Waals surface area contributed by atoms with Crippen LogP contribution >= 0.6 is 22.7 Å². The maximum absolute atomic E-state index is 12.7. The Kier molecular flexibility index (Phi) is 4.78. The minimum Gasteiger partial charge on any atom is -0.493 e. The van der Waals surface area contributed by atoms with Crippen molar-refractivity contribution in [2.75, 3.05) is 21.3 Å². The smallest absolute Gasteiger partial charge is 0.291 e. The second kappa shape index (κ2) is 7.25. The van der Waals surface area contributed by atoms with Crippen LogP contribution in [0.1, 0.15) is 10.4 Å². The van der Waals surface area contributed by atoms with Crippen LogP contribution in [0.5, 0.6) is 17.2 Å². The van der Waals surface area contributed by atoms with Crippen molar-refractivity contribution in [1.82, 2.24) is 14.6 Å². The highest BCUT2D eigenvalue weighted by molar-refractivity contribution is 7.15. The summed E-state index contributed by atoms with van der Waals surface area (Å²) in [5, 5.41) is 6.40. The monoisotopic (exact) mass is 415 g/mol. The van der Waals surface area contributed by atoms with E-state index in [-0.39, 0.29) is 5.56 Å². The molecule has 0 aliphatic heterocycles. The van der Waals surface area contributed by atoms with Gasteiger partial charge in [-0.3, -0.25) is 4.79 Å². The quantitative estimate of drug-likeness (QED) is 0.499. The predicted molar refractivity (Wildman–Crippen MR) is 110 cm³/mol. The predicted octanol–water partition coefficient (Wildman–Crippen LogP) is 2.76. The molecular formula is C19H17N3O4S2. The SMILES string of the molecule is COc1cc(-c2nc3s/c(=C\c4sccc4C)c(=O)n3n2)cc(OC)c1OC. The van der Waals surface area contributed by atoms with Crippen LogP contribution in [0.4, 0.5) is 0 Å². The Balaban J connectivity index is 1.83. The molecule has 0 aliphatic rings. The fraction of sp³-hybridized carbons (Fsp3) is 0.211. The van der Waals surface area contributed by atoms with Gasteiger partial charge in [0.1, 0.15) is 0 Å².